The van der Waals surface area contributed by atoms with Crippen LogP contribution < -0.4 is 23.7 Å². The van der Waals surface area contributed by atoms with Crippen molar-refractivity contribution in [2.75, 3.05) is 28.4 Å². The molecule has 7 nitrogen and oxygen atoms in total. The van der Waals surface area contributed by atoms with Crippen molar-refractivity contribution in [3.63, 3.8) is 0 Å². The van der Waals surface area contributed by atoms with Crippen molar-refractivity contribution in [2.45, 2.75) is 18.7 Å². The quantitative estimate of drug-likeness (QED) is 0.456. The fourth-order valence-corrected chi connectivity index (χ4v) is 4.68. The first-order chi connectivity index (χ1) is 16.6. The van der Waals surface area contributed by atoms with Crippen LogP contribution in [0.3, 0.4) is 0 Å². The minimum atomic E-state index is -0.504. The third kappa shape index (κ3) is 3.76. The summed E-state index contributed by atoms with van der Waals surface area (Å²) in [5.41, 5.74) is 3.77. The molecule has 2 aliphatic rings. The van der Waals surface area contributed by atoms with Crippen LogP contribution in [0.4, 0.5) is 0 Å². The second kappa shape index (κ2) is 8.99. The van der Waals surface area contributed by atoms with E-state index in [9.17, 15) is 0 Å². The van der Waals surface area contributed by atoms with E-state index in [2.05, 4.69) is 0 Å². The van der Waals surface area contributed by atoms with E-state index in [1.807, 2.05) is 59.6 Å². The lowest BCUT2D eigenvalue weighted by Gasteiger charge is -2.38. The molecular weight excluding hydrogens is 456 g/mol. The number of nitrogens with zero attached hydrogens (tertiary/aromatic N) is 2. The fraction of sp³-hybridized carbons (Fsp3) is 0.269. The standard InChI is InChI=1S/C26H25ClN2O5/c1-30-18-7-5-6-15(10-18)20-14-21-19-13-17(27)8-9-22(19)34-26(29(21)28-20)16-11-23(31-2)25(33-4)24(12-16)32-3/h5-13,21,26H,14H2,1-4H3. The molecule has 176 valence electrons. The zero-order valence-electron chi connectivity index (χ0n) is 19.4. The Kier molecular flexibility index (Phi) is 5.87. The van der Waals surface area contributed by atoms with Gasteiger partial charge in [-0.15, -0.1) is 0 Å². The lowest BCUT2D eigenvalue weighted by atomic mass is 9.95. The van der Waals surface area contributed by atoms with Crippen molar-refractivity contribution < 1.29 is 23.7 Å². The average molecular weight is 481 g/mol. The lowest BCUT2D eigenvalue weighted by molar-refractivity contribution is -0.0192. The van der Waals surface area contributed by atoms with Crippen LogP contribution in [-0.4, -0.2) is 39.2 Å². The predicted octanol–water partition coefficient (Wildman–Crippen LogP) is 5.62. The summed E-state index contributed by atoms with van der Waals surface area (Å²) < 4.78 is 28.5. The summed E-state index contributed by atoms with van der Waals surface area (Å²) in [5.74, 6) is 3.18. The Morgan fingerprint density at radius 2 is 1.68 bits per heavy atom. The van der Waals surface area contributed by atoms with Gasteiger partial charge in [-0.3, -0.25) is 0 Å². The molecule has 0 aliphatic carbocycles. The number of hydrogen-bond acceptors (Lipinski definition) is 7. The van der Waals surface area contributed by atoms with Crippen LogP contribution in [0.15, 0.2) is 59.7 Å². The summed E-state index contributed by atoms with van der Waals surface area (Å²) in [4.78, 5) is 0. The molecule has 2 unspecified atom stereocenters. The number of benzene rings is 3. The molecule has 0 N–H and O–H groups in total. The summed E-state index contributed by atoms with van der Waals surface area (Å²) in [6.45, 7) is 0. The second-order valence-electron chi connectivity index (χ2n) is 7.99. The van der Waals surface area contributed by atoms with Gasteiger partial charge in [0, 0.05) is 28.1 Å². The molecule has 5 rings (SSSR count). The maximum Gasteiger partial charge on any atom is 0.214 e. The molecule has 0 spiro atoms. The Hall–Kier alpha value is -3.58. The minimum absolute atomic E-state index is 0.0484. The summed E-state index contributed by atoms with van der Waals surface area (Å²) >= 11 is 6.35. The Bertz CT molecular complexity index is 1240. The Morgan fingerprint density at radius 3 is 2.35 bits per heavy atom. The number of hydrazone groups is 1. The molecule has 2 heterocycles. The van der Waals surface area contributed by atoms with Gasteiger partial charge in [-0.1, -0.05) is 23.7 Å². The number of methoxy groups -OCH3 is 4. The van der Waals surface area contributed by atoms with E-state index in [1.54, 1.807) is 28.4 Å². The smallest absolute Gasteiger partial charge is 0.214 e. The van der Waals surface area contributed by atoms with Gasteiger partial charge in [-0.25, -0.2) is 5.01 Å². The van der Waals surface area contributed by atoms with Crippen LogP contribution in [0.5, 0.6) is 28.7 Å². The van der Waals surface area contributed by atoms with Gasteiger partial charge >= 0.3 is 0 Å². The zero-order chi connectivity index (χ0) is 23.8. The van der Waals surface area contributed by atoms with Crippen molar-refractivity contribution in [3.8, 4) is 28.7 Å². The second-order valence-corrected chi connectivity index (χ2v) is 8.43. The van der Waals surface area contributed by atoms with Crippen LogP contribution >= 0.6 is 11.6 Å². The van der Waals surface area contributed by atoms with Gasteiger partial charge < -0.3 is 23.7 Å². The first kappa shape index (κ1) is 22.2. The molecule has 2 atom stereocenters. The van der Waals surface area contributed by atoms with Crippen LogP contribution in [0, 0.1) is 0 Å². The molecule has 8 heteroatoms. The molecule has 0 bridgehead atoms. The van der Waals surface area contributed by atoms with Gasteiger partial charge in [0.1, 0.15) is 11.5 Å². The van der Waals surface area contributed by atoms with Crippen molar-refractivity contribution in [1.82, 2.24) is 5.01 Å². The summed E-state index contributed by atoms with van der Waals surface area (Å²) in [5, 5.41) is 7.65. The van der Waals surface area contributed by atoms with Crippen LogP contribution in [-0.2, 0) is 0 Å². The third-order valence-electron chi connectivity index (χ3n) is 6.13. The fourth-order valence-electron chi connectivity index (χ4n) is 4.50. The lowest BCUT2D eigenvalue weighted by Crippen LogP contribution is -2.33. The highest BCUT2D eigenvalue weighted by atomic mass is 35.5. The number of fused-ring (bicyclic) bond motifs is 3. The van der Waals surface area contributed by atoms with Crippen molar-refractivity contribution in [3.05, 3.63) is 76.3 Å². The van der Waals surface area contributed by atoms with E-state index >= 15 is 0 Å². The maximum absolute atomic E-state index is 6.47. The van der Waals surface area contributed by atoms with Gasteiger partial charge in [-0.2, -0.15) is 5.10 Å². The number of halogens is 1. The topological polar surface area (TPSA) is 61.8 Å². The molecule has 3 aromatic rings. The summed E-state index contributed by atoms with van der Waals surface area (Å²) in [7, 11) is 6.43. The highest BCUT2D eigenvalue weighted by Gasteiger charge is 2.41. The Balaban J connectivity index is 1.63. The summed E-state index contributed by atoms with van der Waals surface area (Å²) in [6, 6.07) is 17.3. The maximum atomic E-state index is 6.47. The largest absolute Gasteiger partial charge is 0.497 e. The molecular formula is C26H25ClN2O5. The average Bonchev–Trinajstić information content (AvgIpc) is 3.33. The van der Waals surface area contributed by atoms with Crippen molar-refractivity contribution >= 4 is 17.3 Å². The zero-order valence-corrected chi connectivity index (χ0v) is 20.1. The van der Waals surface area contributed by atoms with E-state index < -0.39 is 6.23 Å². The van der Waals surface area contributed by atoms with Crippen molar-refractivity contribution in [2.24, 2.45) is 5.10 Å². The Labute approximate surface area is 203 Å². The first-order valence-corrected chi connectivity index (χ1v) is 11.2. The van der Waals surface area contributed by atoms with Gasteiger partial charge in [0.25, 0.3) is 0 Å². The van der Waals surface area contributed by atoms with Crippen LogP contribution in [0.25, 0.3) is 0 Å². The molecule has 3 aromatic carbocycles. The van der Waals surface area contributed by atoms with E-state index in [-0.39, 0.29) is 6.04 Å². The molecule has 34 heavy (non-hydrogen) atoms. The minimum Gasteiger partial charge on any atom is -0.497 e. The van der Waals surface area contributed by atoms with Crippen molar-refractivity contribution in [1.29, 1.82) is 0 Å². The van der Waals surface area contributed by atoms with E-state index in [0.717, 1.165) is 33.9 Å². The monoisotopic (exact) mass is 480 g/mol. The highest BCUT2D eigenvalue weighted by Crippen LogP contribution is 2.50. The van der Waals surface area contributed by atoms with Gasteiger partial charge in [0.15, 0.2) is 11.5 Å². The molecule has 0 fully saturated rings. The number of hydrogen-bond donors (Lipinski definition) is 0. The molecule has 2 aliphatic heterocycles. The Morgan fingerprint density at radius 1 is 0.912 bits per heavy atom. The highest BCUT2D eigenvalue weighted by molar-refractivity contribution is 6.30. The number of rotatable bonds is 6. The first-order valence-electron chi connectivity index (χ1n) is 10.8. The van der Waals surface area contributed by atoms with E-state index in [0.29, 0.717) is 28.7 Å². The van der Waals surface area contributed by atoms with Crippen LogP contribution in [0.2, 0.25) is 5.02 Å². The van der Waals surface area contributed by atoms with Gasteiger partial charge in [-0.05, 0) is 42.5 Å². The number of ether oxygens (including phenoxy) is 5. The van der Waals surface area contributed by atoms with Crippen LogP contribution in [0.1, 0.15) is 35.4 Å². The van der Waals surface area contributed by atoms with Gasteiger partial charge in [0.05, 0.1) is 40.2 Å². The molecule has 0 radical (unpaired) electrons. The van der Waals surface area contributed by atoms with E-state index in [1.165, 1.54) is 0 Å². The normalized spacial score (nSPS) is 18.4. The predicted molar refractivity (Wildman–Crippen MR) is 130 cm³/mol. The SMILES string of the molecule is COc1cccc(C2=NN3C(C2)c2cc(Cl)ccc2OC3c2cc(OC)c(OC)c(OC)c2)c1. The molecule has 0 aromatic heterocycles. The van der Waals surface area contributed by atoms with E-state index in [4.69, 9.17) is 40.4 Å². The van der Waals surface area contributed by atoms with Gasteiger partial charge in [0.2, 0.25) is 12.0 Å². The summed E-state index contributed by atoms with van der Waals surface area (Å²) in [6.07, 6.45) is 0.195. The molecule has 0 amide bonds. The third-order valence-corrected chi connectivity index (χ3v) is 6.36. The molecule has 0 saturated heterocycles. The molecule has 0 saturated carbocycles.